The van der Waals surface area contributed by atoms with Crippen LogP contribution in [-0.2, 0) is 11.3 Å². The summed E-state index contributed by atoms with van der Waals surface area (Å²) < 4.78 is 0. The number of benzene rings is 1. The van der Waals surface area contributed by atoms with Gasteiger partial charge >= 0.3 is 5.97 Å². The number of aliphatic hydroxyl groups excluding tert-OH is 1. The third kappa shape index (κ3) is 4.82. The van der Waals surface area contributed by atoms with Gasteiger partial charge in [0, 0.05) is 43.2 Å². The molecule has 6 nitrogen and oxygen atoms in total. The van der Waals surface area contributed by atoms with Gasteiger partial charge in [-0.3, -0.25) is 9.69 Å². The molecular weight excluding hydrogens is 366 g/mol. The Kier molecular flexibility index (Phi) is 6.65. The molecule has 1 aromatic heterocycles. The predicted octanol–water partition coefficient (Wildman–Crippen LogP) is 3.53. The number of aromatic nitrogens is 2. The Morgan fingerprint density at radius 3 is 2.59 bits per heavy atom. The summed E-state index contributed by atoms with van der Waals surface area (Å²) in [5.74, 6) is 0.190. The maximum absolute atomic E-state index is 12.1. The third-order valence-electron chi connectivity index (χ3n) is 5.95. The van der Waals surface area contributed by atoms with Gasteiger partial charge in [0.05, 0.1) is 6.10 Å². The number of nitrogens with zero attached hydrogens (tertiary/aromatic N) is 3. The number of carbonyl (C=O) groups is 1. The van der Waals surface area contributed by atoms with Gasteiger partial charge in [0.25, 0.3) is 0 Å². The Morgan fingerprint density at radius 2 is 1.97 bits per heavy atom. The van der Waals surface area contributed by atoms with Crippen molar-refractivity contribution < 1.29 is 15.0 Å². The van der Waals surface area contributed by atoms with Crippen LogP contribution < -0.4 is 0 Å². The normalized spacial score (nSPS) is 22.7. The summed E-state index contributed by atoms with van der Waals surface area (Å²) in [7, 11) is 0. The van der Waals surface area contributed by atoms with Crippen molar-refractivity contribution in [1.29, 1.82) is 0 Å². The number of hydrogen-bond donors (Lipinski definition) is 2. The van der Waals surface area contributed by atoms with Gasteiger partial charge in [0.2, 0.25) is 0 Å². The second-order valence-electron chi connectivity index (χ2n) is 8.64. The monoisotopic (exact) mass is 397 g/mol. The fourth-order valence-corrected chi connectivity index (χ4v) is 4.07. The maximum atomic E-state index is 12.1. The van der Waals surface area contributed by atoms with Crippen LogP contribution in [0, 0.1) is 18.3 Å². The summed E-state index contributed by atoms with van der Waals surface area (Å²) in [5.41, 5.74) is 1.98. The first-order chi connectivity index (χ1) is 13.8. The first-order valence-corrected chi connectivity index (χ1v) is 10.3. The lowest BCUT2D eigenvalue weighted by Crippen LogP contribution is -2.55. The Bertz CT molecular complexity index is 838. The first-order valence-electron chi connectivity index (χ1n) is 10.3. The van der Waals surface area contributed by atoms with Crippen molar-refractivity contribution in [3.05, 3.63) is 47.8 Å². The summed E-state index contributed by atoms with van der Waals surface area (Å²) in [6.45, 7) is 7.78. The molecule has 1 aliphatic rings. The minimum atomic E-state index is -1.11. The van der Waals surface area contributed by atoms with Crippen molar-refractivity contribution in [2.24, 2.45) is 11.3 Å². The molecule has 3 rings (SSSR count). The number of hydrogen-bond acceptors (Lipinski definition) is 5. The molecule has 1 aromatic carbocycles. The molecule has 0 saturated carbocycles. The van der Waals surface area contributed by atoms with Gasteiger partial charge < -0.3 is 10.2 Å². The van der Waals surface area contributed by atoms with Crippen LogP contribution in [0.1, 0.15) is 44.2 Å². The molecule has 1 aliphatic heterocycles. The smallest absolute Gasteiger partial charge is 0.313 e. The van der Waals surface area contributed by atoms with Crippen molar-refractivity contribution in [3.63, 3.8) is 0 Å². The van der Waals surface area contributed by atoms with Crippen LogP contribution in [-0.4, -0.2) is 50.2 Å². The number of rotatable bonds is 7. The van der Waals surface area contributed by atoms with Crippen LogP contribution in [0.5, 0.6) is 0 Å². The van der Waals surface area contributed by atoms with E-state index in [0.717, 1.165) is 23.1 Å². The van der Waals surface area contributed by atoms with Crippen LogP contribution >= 0.6 is 0 Å². The zero-order valence-electron chi connectivity index (χ0n) is 17.5. The average Bonchev–Trinajstić information content (AvgIpc) is 2.69. The summed E-state index contributed by atoms with van der Waals surface area (Å²) in [6, 6.07) is 8.01. The average molecular weight is 398 g/mol. The predicted molar refractivity (Wildman–Crippen MR) is 112 cm³/mol. The molecule has 0 radical (unpaired) electrons. The van der Waals surface area contributed by atoms with Crippen LogP contribution in [0.15, 0.2) is 36.7 Å². The standard InChI is InChI=1S/C23H31N3O3/c1-16(2)8-10-23(22(28)29)15-26(11-9-20(23)27)14-18-12-24-21(25-13-18)19-7-5-4-6-17(19)3/h4-7,12-13,16,20,27H,8-11,14-15H2,1-3H3,(H,28,29)/t20-,23+/m0/s1. The minimum absolute atomic E-state index is 0.343. The van der Waals surface area contributed by atoms with Gasteiger partial charge in [-0.25, -0.2) is 9.97 Å². The molecule has 156 valence electrons. The number of aliphatic hydroxyl groups is 1. The lowest BCUT2D eigenvalue weighted by atomic mass is 9.72. The quantitative estimate of drug-likeness (QED) is 0.743. The zero-order chi connectivity index (χ0) is 21.0. The van der Waals surface area contributed by atoms with E-state index >= 15 is 0 Å². The molecule has 1 saturated heterocycles. The Hall–Kier alpha value is -2.31. The molecule has 0 unspecified atom stereocenters. The van der Waals surface area contributed by atoms with E-state index in [1.54, 1.807) is 0 Å². The lowest BCUT2D eigenvalue weighted by Gasteiger charge is -2.43. The molecule has 0 spiro atoms. The second-order valence-corrected chi connectivity index (χ2v) is 8.64. The van der Waals surface area contributed by atoms with Gasteiger partial charge in [-0.15, -0.1) is 0 Å². The van der Waals surface area contributed by atoms with Crippen LogP contribution in [0.2, 0.25) is 0 Å². The van der Waals surface area contributed by atoms with E-state index in [1.807, 2.05) is 43.6 Å². The van der Waals surface area contributed by atoms with Crippen molar-refractivity contribution in [2.75, 3.05) is 13.1 Å². The molecule has 2 N–H and O–H groups in total. The van der Waals surface area contributed by atoms with E-state index in [4.69, 9.17) is 0 Å². The molecule has 2 aromatic rings. The van der Waals surface area contributed by atoms with E-state index in [1.165, 1.54) is 0 Å². The topological polar surface area (TPSA) is 86.5 Å². The Balaban J connectivity index is 1.73. The number of carboxylic acids is 1. The Labute approximate surface area is 172 Å². The van der Waals surface area contributed by atoms with Gasteiger partial charge in [-0.1, -0.05) is 38.1 Å². The van der Waals surface area contributed by atoms with Crippen LogP contribution in [0.4, 0.5) is 0 Å². The zero-order valence-corrected chi connectivity index (χ0v) is 17.5. The molecule has 0 bridgehead atoms. The highest BCUT2D eigenvalue weighted by molar-refractivity contribution is 5.76. The fourth-order valence-electron chi connectivity index (χ4n) is 4.07. The van der Waals surface area contributed by atoms with Gasteiger partial charge in [0.15, 0.2) is 5.82 Å². The summed E-state index contributed by atoms with van der Waals surface area (Å²) >= 11 is 0. The SMILES string of the molecule is Cc1ccccc1-c1ncc(CN2CC[C@H](O)[C@](CCC(C)C)(C(=O)O)C2)cn1. The summed E-state index contributed by atoms with van der Waals surface area (Å²) in [5, 5.41) is 20.5. The minimum Gasteiger partial charge on any atom is -0.481 e. The second kappa shape index (κ2) is 9.01. The third-order valence-corrected chi connectivity index (χ3v) is 5.95. The first kappa shape index (κ1) is 21.4. The van der Waals surface area contributed by atoms with E-state index in [-0.39, 0.29) is 0 Å². The number of likely N-dealkylation sites (tertiary alicyclic amines) is 1. The highest BCUT2D eigenvalue weighted by Crippen LogP contribution is 2.37. The molecule has 2 heterocycles. The molecule has 0 amide bonds. The number of aliphatic carboxylic acids is 1. The number of piperidine rings is 1. The number of aryl methyl sites for hydroxylation is 1. The van der Waals surface area contributed by atoms with Gasteiger partial charge in [0.1, 0.15) is 5.41 Å². The molecule has 0 aliphatic carbocycles. The molecule has 1 fully saturated rings. The van der Waals surface area contributed by atoms with E-state index in [9.17, 15) is 15.0 Å². The highest BCUT2D eigenvalue weighted by atomic mass is 16.4. The summed E-state index contributed by atoms with van der Waals surface area (Å²) in [6.07, 6.45) is 4.56. The highest BCUT2D eigenvalue weighted by Gasteiger charge is 2.48. The van der Waals surface area contributed by atoms with Gasteiger partial charge in [-0.05, 0) is 37.7 Å². The van der Waals surface area contributed by atoms with Crippen molar-refractivity contribution >= 4 is 5.97 Å². The van der Waals surface area contributed by atoms with Crippen LogP contribution in [0.25, 0.3) is 11.4 Å². The van der Waals surface area contributed by atoms with Crippen LogP contribution in [0.3, 0.4) is 0 Å². The van der Waals surface area contributed by atoms with Crippen molar-refractivity contribution in [2.45, 2.75) is 52.7 Å². The fraction of sp³-hybridized carbons (Fsp3) is 0.522. The molecule has 6 heteroatoms. The largest absolute Gasteiger partial charge is 0.481 e. The van der Waals surface area contributed by atoms with E-state index in [0.29, 0.717) is 44.2 Å². The van der Waals surface area contributed by atoms with Crippen molar-refractivity contribution in [3.8, 4) is 11.4 Å². The molecular formula is C23H31N3O3. The van der Waals surface area contributed by atoms with E-state index < -0.39 is 17.5 Å². The molecule has 29 heavy (non-hydrogen) atoms. The number of carboxylic acid groups (broad SMARTS) is 1. The lowest BCUT2D eigenvalue weighted by molar-refractivity contribution is -0.165. The maximum Gasteiger partial charge on any atom is 0.313 e. The van der Waals surface area contributed by atoms with Gasteiger partial charge in [-0.2, -0.15) is 0 Å². The Morgan fingerprint density at radius 1 is 1.28 bits per heavy atom. The van der Waals surface area contributed by atoms with Crippen molar-refractivity contribution in [1.82, 2.24) is 14.9 Å². The molecule has 2 atom stereocenters. The summed E-state index contributed by atoms with van der Waals surface area (Å²) in [4.78, 5) is 23.3. The van der Waals surface area contributed by atoms with E-state index in [2.05, 4.69) is 28.7 Å².